The average molecular weight is 384 g/mol. The predicted octanol–water partition coefficient (Wildman–Crippen LogP) is 1.98. The van der Waals surface area contributed by atoms with Crippen LogP contribution >= 0.6 is 24.0 Å². The molecule has 1 aromatic carbocycles. The van der Waals surface area contributed by atoms with Gasteiger partial charge in [-0.15, -0.1) is 0 Å². The molecule has 2 rings (SSSR count). The van der Waals surface area contributed by atoms with Crippen molar-refractivity contribution in [1.82, 2.24) is 4.90 Å². The second-order valence-electron chi connectivity index (χ2n) is 4.73. The molecule has 1 aromatic rings. The number of phenols is 1. The number of carboxylic acid groups (broad SMARTS) is 1. The first-order valence-corrected chi connectivity index (χ1v) is 8.08. The number of thioether (sulfide) groups is 1. The van der Waals surface area contributed by atoms with Crippen LogP contribution in [0.5, 0.6) is 11.5 Å². The fraction of sp³-hybridized carbons (Fsp3) is 0.214. The first-order chi connectivity index (χ1) is 11.7. The fourth-order valence-corrected chi connectivity index (χ4v) is 3.25. The molecule has 1 fully saturated rings. The van der Waals surface area contributed by atoms with Crippen molar-refractivity contribution < 1.29 is 29.5 Å². The minimum absolute atomic E-state index is 0.00604. The van der Waals surface area contributed by atoms with E-state index in [4.69, 9.17) is 22.1 Å². The molecule has 11 heteroatoms. The lowest BCUT2D eigenvalue weighted by Crippen LogP contribution is -2.33. The Kier molecular flexibility index (Phi) is 5.59. The zero-order valence-electron chi connectivity index (χ0n) is 12.8. The second kappa shape index (κ2) is 7.49. The largest absolute Gasteiger partial charge is 0.504 e. The molecule has 1 aliphatic rings. The van der Waals surface area contributed by atoms with E-state index in [1.165, 1.54) is 6.08 Å². The summed E-state index contributed by atoms with van der Waals surface area (Å²) in [6.07, 6.45) is 1.21. The SMILES string of the molecule is CCOc1cc([N+](=O)[O-])cc(/C=C2/SC(=S)N(CC(=O)O)C2=O)c1O. The molecule has 0 aliphatic carbocycles. The quantitative estimate of drug-likeness (QED) is 0.327. The standard InChI is InChI=1S/C14H12N2O7S2/c1-2-23-9-5-8(16(21)22)3-7(12(9)19)4-10-13(20)15(6-11(17)18)14(24)25-10/h3-5,19H,2,6H2,1H3,(H,17,18)/b10-4+. The van der Waals surface area contributed by atoms with Gasteiger partial charge in [0.2, 0.25) is 0 Å². The molecule has 9 nitrogen and oxygen atoms in total. The number of nitro groups is 1. The number of ether oxygens (including phenoxy) is 1. The van der Waals surface area contributed by atoms with Gasteiger partial charge in [0, 0.05) is 11.6 Å². The minimum Gasteiger partial charge on any atom is -0.504 e. The number of carboxylic acids is 1. The molecular weight excluding hydrogens is 372 g/mol. The lowest BCUT2D eigenvalue weighted by atomic mass is 10.1. The maximum Gasteiger partial charge on any atom is 0.323 e. The Bertz CT molecular complexity index is 807. The van der Waals surface area contributed by atoms with Crippen molar-refractivity contribution in [3.05, 3.63) is 32.7 Å². The average Bonchev–Trinajstić information content (AvgIpc) is 2.78. The number of aliphatic carboxylic acids is 1. The number of hydrogen-bond donors (Lipinski definition) is 2. The van der Waals surface area contributed by atoms with Crippen molar-refractivity contribution >= 4 is 51.9 Å². The number of aromatic hydroxyl groups is 1. The molecule has 1 heterocycles. The van der Waals surface area contributed by atoms with Crippen LogP contribution in [-0.4, -0.2) is 49.4 Å². The summed E-state index contributed by atoms with van der Waals surface area (Å²) in [6.45, 7) is 1.23. The molecular formula is C14H12N2O7S2. The lowest BCUT2D eigenvalue weighted by molar-refractivity contribution is -0.385. The van der Waals surface area contributed by atoms with Gasteiger partial charge in [-0.3, -0.25) is 24.6 Å². The Labute approximate surface area is 151 Å². The van der Waals surface area contributed by atoms with E-state index >= 15 is 0 Å². The summed E-state index contributed by atoms with van der Waals surface area (Å²) in [5.74, 6) is -2.34. The van der Waals surface area contributed by atoms with E-state index in [2.05, 4.69) is 0 Å². The van der Waals surface area contributed by atoms with Gasteiger partial charge in [0.25, 0.3) is 11.6 Å². The maximum absolute atomic E-state index is 12.2. The predicted molar refractivity (Wildman–Crippen MR) is 93.4 cm³/mol. The van der Waals surface area contributed by atoms with Gasteiger partial charge < -0.3 is 14.9 Å². The van der Waals surface area contributed by atoms with Crippen LogP contribution in [-0.2, 0) is 9.59 Å². The van der Waals surface area contributed by atoms with Gasteiger partial charge in [0.05, 0.1) is 22.5 Å². The molecule has 1 amide bonds. The molecule has 0 saturated carbocycles. The van der Waals surface area contributed by atoms with Gasteiger partial charge >= 0.3 is 5.97 Å². The Hall–Kier alpha value is -2.66. The lowest BCUT2D eigenvalue weighted by Gasteiger charge is -2.10. The molecule has 132 valence electrons. The van der Waals surface area contributed by atoms with Crippen LogP contribution < -0.4 is 4.74 Å². The third kappa shape index (κ3) is 4.06. The van der Waals surface area contributed by atoms with Crippen LogP contribution in [0.3, 0.4) is 0 Å². The number of thiocarbonyl (C=S) groups is 1. The van der Waals surface area contributed by atoms with Gasteiger partial charge in [-0.1, -0.05) is 24.0 Å². The van der Waals surface area contributed by atoms with Gasteiger partial charge in [-0.05, 0) is 13.0 Å². The first-order valence-electron chi connectivity index (χ1n) is 6.86. The zero-order chi connectivity index (χ0) is 18.7. The minimum atomic E-state index is -1.23. The van der Waals surface area contributed by atoms with Crippen molar-refractivity contribution in [2.75, 3.05) is 13.2 Å². The van der Waals surface area contributed by atoms with Crippen LogP contribution in [0.4, 0.5) is 5.69 Å². The van der Waals surface area contributed by atoms with E-state index in [1.807, 2.05) is 0 Å². The molecule has 0 radical (unpaired) electrons. The van der Waals surface area contributed by atoms with Crippen LogP contribution in [0.1, 0.15) is 12.5 Å². The van der Waals surface area contributed by atoms with E-state index in [-0.39, 0.29) is 38.6 Å². The van der Waals surface area contributed by atoms with E-state index in [0.717, 1.165) is 28.8 Å². The van der Waals surface area contributed by atoms with Crippen molar-refractivity contribution in [2.24, 2.45) is 0 Å². The Morgan fingerprint density at radius 2 is 2.20 bits per heavy atom. The molecule has 1 saturated heterocycles. The van der Waals surface area contributed by atoms with Crippen LogP contribution in [0, 0.1) is 10.1 Å². The number of nitrogens with zero attached hydrogens (tertiary/aromatic N) is 2. The highest BCUT2D eigenvalue weighted by molar-refractivity contribution is 8.26. The first kappa shape index (κ1) is 18.7. The molecule has 0 unspecified atom stereocenters. The van der Waals surface area contributed by atoms with E-state index in [0.29, 0.717) is 0 Å². The fourth-order valence-electron chi connectivity index (χ4n) is 2.01. The topological polar surface area (TPSA) is 130 Å². The summed E-state index contributed by atoms with van der Waals surface area (Å²) < 4.78 is 5.21. The molecule has 1 aliphatic heterocycles. The third-order valence-electron chi connectivity index (χ3n) is 3.05. The number of carbonyl (C=O) groups is 2. The molecule has 0 aromatic heterocycles. The molecule has 2 N–H and O–H groups in total. The highest BCUT2D eigenvalue weighted by Gasteiger charge is 2.33. The molecule has 0 spiro atoms. The Morgan fingerprint density at radius 1 is 1.52 bits per heavy atom. The number of nitro benzene ring substituents is 1. The summed E-state index contributed by atoms with van der Waals surface area (Å²) in [7, 11) is 0. The van der Waals surface area contributed by atoms with Crippen LogP contribution in [0.2, 0.25) is 0 Å². The summed E-state index contributed by atoms with van der Waals surface area (Å²) in [5, 5.41) is 30.0. The number of amides is 1. The summed E-state index contributed by atoms with van der Waals surface area (Å²) in [4.78, 5) is 34.3. The van der Waals surface area contributed by atoms with Crippen LogP contribution in [0.25, 0.3) is 6.08 Å². The van der Waals surface area contributed by atoms with Gasteiger partial charge in [0.1, 0.15) is 10.9 Å². The third-order valence-corrected chi connectivity index (χ3v) is 4.43. The Morgan fingerprint density at radius 3 is 2.76 bits per heavy atom. The Balaban J connectivity index is 2.46. The van der Waals surface area contributed by atoms with Crippen LogP contribution in [0.15, 0.2) is 17.0 Å². The van der Waals surface area contributed by atoms with Crippen molar-refractivity contribution in [2.45, 2.75) is 6.92 Å². The maximum atomic E-state index is 12.2. The van der Waals surface area contributed by atoms with E-state index < -0.39 is 23.3 Å². The van der Waals surface area contributed by atoms with E-state index in [1.54, 1.807) is 6.92 Å². The molecule has 0 atom stereocenters. The smallest absolute Gasteiger partial charge is 0.323 e. The van der Waals surface area contributed by atoms with Crippen molar-refractivity contribution in [1.29, 1.82) is 0 Å². The number of benzene rings is 1. The monoisotopic (exact) mass is 384 g/mol. The number of hydrogen-bond acceptors (Lipinski definition) is 8. The molecule has 0 bridgehead atoms. The normalized spacial score (nSPS) is 15.7. The summed E-state index contributed by atoms with van der Waals surface area (Å²) in [5.41, 5.74) is -0.331. The molecule has 25 heavy (non-hydrogen) atoms. The zero-order valence-corrected chi connectivity index (χ0v) is 14.4. The number of non-ortho nitro benzene ring substituents is 1. The summed E-state index contributed by atoms with van der Waals surface area (Å²) in [6, 6.07) is 2.16. The highest BCUT2D eigenvalue weighted by Crippen LogP contribution is 2.39. The van der Waals surface area contributed by atoms with E-state index in [9.17, 15) is 24.8 Å². The van der Waals surface area contributed by atoms with Crippen molar-refractivity contribution in [3.63, 3.8) is 0 Å². The van der Waals surface area contributed by atoms with Crippen molar-refractivity contribution in [3.8, 4) is 11.5 Å². The van der Waals surface area contributed by atoms with Gasteiger partial charge in [-0.25, -0.2) is 0 Å². The number of rotatable bonds is 6. The highest BCUT2D eigenvalue weighted by atomic mass is 32.2. The number of phenolic OH excluding ortho intramolecular Hbond substituents is 1. The van der Waals surface area contributed by atoms with Gasteiger partial charge in [0.15, 0.2) is 11.5 Å². The number of carbonyl (C=O) groups excluding carboxylic acids is 1. The van der Waals surface area contributed by atoms with Gasteiger partial charge in [-0.2, -0.15) is 0 Å². The summed E-state index contributed by atoms with van der Waals surface area (Å²) >= 11 is 5.81. The second-order valence-corrected chi connectivity index (χ2v) is 6.41.